The Morgan fingerprint density at radius 3 is 2.54 bits per heavy atom. The van der Waals surface area contributed by atoms with Crippen LogP contribution in [0.3, 0.4) is 0 Å². The molecule has 1 amide bonds. The lowest BCUT2D eigenvalue weighted by atomic mass is 10.1. The molecule has 1 heterocycles. The molecule has 3 aromatic rings. The Morgan fingerprint density at radius 1 is 1.19 bits per heavy atom. The van der Waals surface area contributed by atoms with E-state index in [1.807, 2.05) is 0 Å². The Balaban J connectivity index is 1.69. The third kappa shape index (κ3) is 3.75. The summed E-state index contributed by atoms with van der Waals surface area (Å²) in [5.74, 6) is -1.43. The second kappa shape index (κ2) is 7.56. The van der Waals surface area contributed by atoms with Crippen molar-refractivity contribution in [2.45, 2.75) is 0 Å². The van der Waals surface area contributed by atoms with Gasteiger partial charge in [-0.15, -0.1) is 0 Å². The maximum atomic E-state index is 13.5. The predicted molar refractivity (Wildman–Crippen MR) is 92.0 cm³/mol. The van der Waals surface area contributed by atoms with Crippen molar-refractivity contribution in [1.82, 2.24) is 15.6 Å². The van der Waals surface area contributed by atoms with E-state index in [9.17, 15) is 13.6 Å². The van der Waals surface area contributed by atoms with Crippen molar-refractivity contribution in [2.75, 3.05) is 7.11 Å². The normalized spacial score (nSPS) is 10.9. The Morgan fingerprint density at radius 2 is 1.88 bits per heavy atom. The number of benzene rings is 2. The van der Waals surface area contributed by atoms with E-state index >= 15 is 0 Å². The Labute approximate surface area is 147 Å². The zero-order chi connectivity index (χ0) is 18.5. The fraction of sp³-hybridized carbons (Fsp3) is 0.0556. The molecule has 2 N–H and O–H groups in total. The predicted octanol–water partition coefficient (Wildman–Crippen LogP) is 3.13. The number of hydrazone groups is 1. The monoisotopic (exact) mass is 356 g/mol. The van der Waals surface area contributed by atoms with E-state index in [4.69, 9.17) is 4.74 Å². The maximum Gasteiger partial charge on any atom is 0.289 e. The van der Waals surface area contributed by atoms with Gasteiger partial charge in [0.15, 0.2) is 0 Å². The molecule has 1 aromatic heterocycles. The van der Waals surface area contributed by atoms with E-state index in [-0.39, 0.29) is 11.3 Å². The highest BCUT2D eigenvalue weighted by Gasteiger charge is 2.11. The van der Waals surface area contributed by atoms with Crippen molar-refractivity contribution in [1.29, 1.82) is 0 Å². The molecular formula is C18H14F2N4O2. The fourth-order valence-corrected chi connectivity index (χ4v) is 2.20. The van der Waals surface area contributed by atoms with Crippen LogP contribution in [0.25, 0.3) is 11.3 Å². The molecular weight excluding hydrogens is 342 g/mol. The van der Waals surface area contributed by atoms with E-state index in [0.29, 0.717) is 11.4 Å². The molecule has 0 aliphatic heterocycles. The highest BCUT2D eigenvalue weighted by molar-refractivity contribution is 5.94. The van der Waals surface area contributed by atoms with Crippen molar-refractivity contribution in [3.63, 3.8) is 0 Å². The van der Waals surface area contributed by atoms with Gasteiger partial charge >= 0.3 is 0 Å². The van der Waals surface area contributed by atoms with Gasteiger partial charge in [-0.3, -0.25) is 9.89 Å². The van der Waals surface area contributed by atoms with Crippen LogP contribution in [0, 0.1) is 11.6 Å². The number of amides is 1. The van der Waals surface area contributed by atoms with Crippen molar-refractivity contribution in [3.8, 4) is 17.0 Å². The fourth-order valence-electron chi connectivity index (χ4n) is 2.20. The molecule has 132 valence electrons. The number of nitrogens with zero attached hydrogens (tertiary/aromatic N) is 2. The Hall–Kier alpha value is -3.55. The molecule has 0 saturated carbocycles. The van der Waals surface area contributed by atoms with E-state index in [2.05, 4.69) is 20.7 Å². The number of H-pyrrole nitrogens is 1. The molecule has 0 aliphatic carbocycles. The Bertz CT molecular complexity index is 932. The number of methoxy groups -OCH3 is 1. The average molecular weight is 356 g/mol. The number of aromatic nitrogens is 2. The number of halogens is 2. The van der Waals surface area contributed by atoms with Crippen LogP contribution in [0.1, 0.15) is 16.1 Å². The van der Waals surface area contributed by atoms with Gasteiger partial charge in [-0.1, -0.05) is 6.07 Å². The molecule has 3 rings (SSSR count). The number of nitrogens with one attached hydrogen (secondary N) is 2. The number of ether oxygens (including phenoxy) is 1. The van der Waals surface area contributed by atoms with Crippen LogP contribution >= 0.6 is 0 Å². The summed E-state index contributed by atoms with van der Waals surface area (Å²) in [6.07, 6.45) is 0.906. The first kappa shape index (κ1) is 17.3. The summed E-state index contributed by atoms with van der Waals surface area (Å²) in [6.45, 7) is 0. The lowest BCUT2D eigenvalue weighted by molar-refractivity contribution is 0.0950. The van der Waals surface area contributed by atoms with Gasteiger partial charge in [0, 0.05) is 5.56 Å². The summed E-state index contributed by atoms with van der Waals surface area (Å²) in [5, 5.41) is 10.2. The standard InChI is InChI=1S/C18H14F2N4O2/c1-26-12-7-5-11(6-8-12)16-9-17(23-22-16)18(25)24-21-10-13-14(19)3-2-4-15(13)20/h2-10H,1H3,(H,22,23)(H,24,25)/b21-10+. The van der Waals surface area contributed by atoms with Crippen LogP contribution in [-0.4, -0.2) is 29.4 Å². The minimum absolute atomic E-state index is 0.155. The quantitative estimate of drug-likeness (QED) is 0.544. The third-order valence-corrected chi connectivity index (χ3v) is 3.57. The first-order valence-corrected chi connectivity index (χ1v) is 7.55. The molecule has 0 spiro atoms. The smallest absolute Gasteiger partial charge is 0.289 e. The minimum Gasteiger partial charge on any atom is -0.497 e. The van der Waals surface area contributed by atoms with E-state index < -0.39 is 17.5 Å². The van der Waals surface area contributed by atoms with Gasteiger partial charge in [0.25, 0.3) is 5.91 Å². The first-order valence-electron chi connectivity index (χ1n) is 7.55. The van der Waals surface area contributed by atoms with Crippen molar-refractivity contribution in [3.05, 3.63) is 71.4 Å². The summed E-state index contributed by atoms with van der Waals surface area (Å²) in [5.41, 5.74) is 3.36. The molecule has 2 aromatic carbocycles. The SMILES string of the molecule is COc1ccc(-c2cc(C(=O)N/N=C/c3c(F)cccc3F)[nH]n2)cc1. The van der Waals surface area contributed by atoms with Crippen LogP contribution in [0.15, 0.2) is 53.6 Å². The van der Waals surface area contributed by atoms with Gasteiger partial charge in [-0.25, -0.2) is 14.2 Å². The third-order valence-electron chi connectivity index (χ3n) is 3.57. The average Bonchev–Trinajstić information content (AvgIpc) is 3.14. The van der Waals surface area contributed by atoms with Gasteiger partial charge in [-0.2, -0.15) is 10.2 Å². The lowest BCUT2D eigenvalue weighted by Crippen LogP contribution is -2.18. The van der Waals surface area contributed by atoms with Crippen LogP contribution in [0.5, 0.6) is 5.75 Å². The molecule has 0 aliphatic rings. The second-order valence-electron chi connectivity index (χ2n) is 5.23. The molecule has 26 heavy (non-hydrogen) atoms. The van der Waals surface area contributed by atoms with Crippen LogP contribution in [0.4, 0.5) is 8.78 Å². The van der Waals surface area contributed by atoms with Gasteiger partial charge in [0.05, 0.1) is 24.6 Å². The van der Waals surface area contributed by atoms with E-state index in [0.717, 1.165) is 23.9 Å². The first-order chi connectivity index (χ1) is 12.6. The van der Waals surface area contributed by atoms with Crippen LogP contribution in [0.2, 0.25) is 0 Å². The number of aromatic amines is 1. The van der Waals surface area contributed by atoms with Crippen molar-refractivity contribution in [2.24, 2.45) is 5.10 Å². The number of carbonyl (C=O) groups excluding carboxylic acids is 1. The molecule has 8 heteroatoms. The van der Waals surface area contributed by atoms with Crippen LogP contribution < -0.4 is 10.2 Å². The zero-order valence-electron chi connectivity index (χ0n) is 13.7. The van der Waals surface area contributed by atoms with Crippen LogP contribution in [-0.2, 0) is 0 Å². The van der Waals surface area contributed by atoms with Gasteiger partial charge < -0.3 is 4.74 Å². The van der Waals surface area contributed by atoms with Crippen molar-refractivity contribution >= 4 is 12.1 Å². The van der Waals surface area contributed by atoms with E-state index in [1.165, 1.54) is 12.1 Å². The number of carbonyl (C=O) groups is 1. The molecule has 0 fully saturated rings. The summed E-state index contributed by atoms with van der Waals surface area (Å²) < 4.78 is 32.0. The lowest BCUT2D eigenvalue weighted by Gasteiger charge is -2.00. The largest absolute Gasteiger partial charge is 0.497 e. The molecule has 0 bridgehead atoms. The molecule has 0 radical (unpaired) electrons. The van der Waals surface area contributed by atoms with E-state index in [1.54, 1.807) is 31.4 Å². The Kier molecular flexibility index (Phi) is 5.02. The minimum atomic E-state index is -0.772. The number of hydrogen-bond acceptors (Lipinski definition) is 4. The topological polar surface area (TPSA) is 79.4 Å². The highest BCUT2D eigenvalue weighted by Crippen LogP contribution is 2.21. The zero-order valence-corrected chi connectivity index (χ0v) is 13.7. The summed E-state index contributed by atoms with van der Waals surface area (Å²) >= 11 is 0. The molecule has 6 nitrogen and oxygen atoms in total. The highest BCUT2D eigenvalue weighted by atomic mass is 19.1. The number of rotatable bonds is 5. The summed E-state index contributed by atoms with van der Waals surface area (Å²) in [6, 6.07) is 12.1. The van der Waals surface area contributed by atoms with Gasteiger partial charge in [-0.05, 0) is 42.5 Å². The maximum absolute atomic E-state index is 13.5. The van der Waals surface area contributed by atoms with Crippen molar-refractivity contribution < 1.29 is 18.3 Å². The van der Waals surface area contributed by atoms with Gasteiger partial charge in [0.2, 0.25) is 0 Å². The summed E-state index contributed by atoms with van der Waals surface area (Å²) in [4.78, 5) is 12.0. The van der Waals surface area contributed by atoms with Gasteiger partial charge in [0.1, 0.15) is 23.1 Å². The second-order valence-corrected chi connectivity index (χ2v) is 5.23. The molecule has 0 atom stereocenters. The molecule has 0 unspecified atom stereocenters. The number of hydrogen-bond donors (Lipinski definition) is 2. The molecule has 0 saturated heterocycles. The summed E-state index contributed by atoms with van der Waals surface area (Å²) in [7, 11) is 1.57.